The summed E-state index contributed by atoms with van der Waals surface area (Å²) in [6.07, 6.45) is 5.97. The molecule has 0 bridgehead atoms. The minimum Gasteiger partial charge on any atom is -0.346 e. The average Bonchev–Trinajstić information content (AvgIpc) is 2.56. The van der Waals surface area contributed by atoms with Crippen LogP contribution in [0, 0.1) is 0 Å². The molecule has 0 atom stereocenters. The fraction of sp³-hybridized carbons (Fsp3) is 0.958. The van der Waals surface area contributed by atoms with Crippen LogP contribution in [0.4, 0.5) is 0 Å². The molecule has 3 aliphatic heterocycles. The maximum absolute atomic E-state index is 6.19. The van der Waals surface area contributed by atoms with Crippen molar-refractivity contribution in [1.29, 1.82) is 0 Å². The van der Waals surface area contributed by atoms with Gasteiger partial charge in [0, 0.05) is 47.3 Å². The van der Waals surface area contributed by atoms with Crippen molar-refractivity contribution in [3.8, 4) is 0 Å². The Labute approximate surface area is 186 Å². The second kappa shape index (κ2) is 7.34. The molecule has 168 valence electrons. The summed E-state index contributed by atoms with van der Waals surface area (Å²) in [5.74, 6) is 0. The minimum absolute atomic E-state index is 0.196. The summed E-state index contributed by atoms with van der Waals surface area (Å²) in [5.41, 5.74) is 0.785. The fourth-order valence-electron chi connectivity index (χ4n) is 6.52. The molecule has 29 heavy (non-hydrogen) atoms. The maximum Gasteiger partial charge on any atom is 0.172 e. The molecule has 3 fully saturated rings. The molecular formula is C24H46N4S. The highest BCUT2D eigenvalue weighted by Crippen LogP contribution is 2.42. The average molecular weight is 423 g/mol. The molecule has 3 saturated heterocycles. The second-order valence-electron chi connectivity index (χ2n) is 12.5. The molecule has 4 nitrogen and oxygen atoms in total. The maximum atomic E-state index is 6.19. The van der Waals surface area contributed by atoms with Crippen molar-refractivity contribution in [1.82, 2.24) is 19.6 Å². The number of hydrogen-bond acceptors (Lipinski definition) is 3. The van der Waals surface area contributed by atoms with E-state index in [2.05, 4.69) is 89.1 Å². The third-order valence-electron chi connectivity index (χ3n) is 8.74. The van der Waals surface area contributed by atoms with Gasteiger partial charge in [0.15, 0.2) is 5.11 Å². The van der Waals surface area contributed by atoms with Crippen molar-refractivity contribution in [3.63, 3.8) is 0 Å². The van der Waals surface area contributed by atoms with Crippen molar-refractivity contribution in [2.24, 2.45) is 0 Å². The van der Waals surface area contributed by atoms with Crippen molar-refractivity contribution in [2.75, 3.05) is 27.2 Å². The predicted molar refractivity (Wildman–Crippen MR) is 129 cm³/mol. The lowest BCUT2D eigenvalue weighted by Crippen LogP contribution is -2.68. The zero-order valence-corrected chi connectivity index (χ0v) is 21.6. The van der Waals surface area contributed by atoms with Gasteiger partial charge >= 0.3 is 0 Å². The number of piperidine rings is 2. The highest BCUT2D eigenvalue weighted by molar-refractivity contribution is 7.80. The Morgan fingerprint density at radius 1 is 0.621 bits per heavy atom. The normalized spacial score (nSPS) is 31.3. The molecule has 3 heterocycles. The van der Waals surface area contributed by atoms with Crippen LogP contribution in [0.3, 0.4) is 0 Å². The van der Waals surface area contributed by atoms with E-state index in [9.17, 15) is 0 Å². The Morgan fingerprint density at radius 2 is 0.897 bits per heavy atom. The summed E-state index contributed by atoms with van der Waals surface area (Å²) in [6, 6.07) is 1.08. The zero-order chi connectivity index (χ0) is 22.0. The topological polar surface area (TPSA) is 13.0 Å². The molecule has 0 spiro atoms. The Kier molecular flexibility index (Phi) is 5.89. The molecule has 3 aliphatic rings. The summed E-state index contributed by atoms with van der Waals surface area (Å²) in [6.45, 7) is 21.4. The summed E-state index contributed by atoms with van der Waals surface area (Å²) < 4.78 is 0. The van der Waals surface area contributed by atoms with E-state index in [1.807, 2.05) is 0 Å². The predicted octanol–water partition coefficient (Wildman–Crippen LogP) is 4.58. The first-order chi connectivity index (χ1) is 13.1. The van der Waals surface area contributed by atoms with Crippen molar-refractivity contribution in [2.45, 2.75) is 122 Å². The lowest BCUT2D eigenvalue weighted by molar-refractivity contribution is -0.0506. The molecule has 0 saturated carbocycles. The summed E-state index contributed by atoms with van der Waals surface area (Å²) in [4.78, 5) is 10.4. The van der Waals surface area contributed by atoms with Gasteiger partial charge in [-0.2, -0.15) is 0 Å². The summed E-state index contributed by atoms with van der Waals surface area (Å²) >= 11 is 6.19. The quantitative estimate of drug-likeness (QED) is 0.602. The molecule has 0 radical (unpaired) electrons. The van der Waals surface area contributed by atoms with Gasteiger partial charge in [0.1, 0.15) is 0 Å². The van der Waals surface area contributed by atoms with E-state index in [0.717, 1.165) is 18.2 Å². The SMILES string of the molecule is CN1C(C)(C)CC(N2CCCN(C3CC(C)(C)N(C)C(C)(C)C3)C2=S)CC1(C)C. The smallest absolute Gasteiger partial charge is 0.172 e. The lowest BCUT2D eigenvalue weighted by atomic mass is 9.76. The van der Waals surface area contributed by atoms with Gasteiger partial charge in [-0.3, -0.25) is 9.80 Å². The molecule has 0 unspecified atom stereocenters. The first-order valence-corrected chi connectivity index (χ1v) is 12.0. The summed E-state index contributed by atoms with van der Waals surface area (Å²) in [7, 11) is 4.58. The Bertz CT molecular complexity index is 551. The zero-order valence-electron chi connectivity index (χ0n) is 20.8. The molecule has 0 N–H and O–H groups in total. The third-order valence-corrected chi connectivity index (χ3v) is 9.21. The molecule has 0 aromatic heterocycles. The van der Waals surface area contributed by atoms with E-state index in [-0.39, 0.29) is 22.2 Å². The molecule has 0 aromatic rings. The highest BCUT2D eigenvalue weighted by atomic mass is 32.1. The standard InChI is InChI=1S/C24H46N4S/c1-21(2)14-18(15-22(3,4)25(21)9)27-12-11-13-28(20(27)29)19-16-23(5,6)26(10)24(7,8)17-19/h18-19H,11-17H2,1-10H3. The van der Waals surface area contributed by atoms with Gasteiger partial charge in [-0.1, -0.05) is 0 Å². The number of thiocarbonyl (C=S) groups is 1. The van der Waals surface area contributed by atoms with E-state index in [1.165, 1.54) is 32.1 Å². The van der Waals surface area contributed by atoms with E-state index in [1.54, 1.807) is 0 Å². The van der Waals surface area contributed by atoms with Crippen LogP contribution in [0.1, 0.15) is 87.5 Å². The van der Waals surface area contributed by atoms with Gasteiger partial charge < -0.3 is 9.80 Å². The van der Waals surface area contributed by atoms with E-state index in [4.69, 9.17) is 12.2 Å². The monoisotopic (exact) mass is 422 g/mol. The minimum atomic E-state index is 0.196. The Morgan fingerprint density at radius 3 is 1.17 bits per heavy atom. The number of nitrogens with zero attached hydrogens (tertiary/aromatic N) is 4. The van der Waals surface area contributed by atoms with Gasteiger partial charge in [0.05, 0.1) is 0 Å². The van der Waals surface area contributed by atoms with Gasteiger partial charge in [-0.05, 0) is 114 Å². The second-order valence-corrected chi connectivity index (χ2v) is 12.9. The van der Waals surface area contributed by atoms with Crippen LogP contribution in [0.2, 0.25) is 0 Å². The van der Waals surface area contributed by atoms with E-state index < -0.39 is 0 Å². The molecule has 5 heteroatoms. The van der Waals surface area contributed by atoms with Gasteiger partial charge in [-0.15, -0.1) is 0 Å². The number of hydrogen-bond donors (Lipinski definition) is 0. The van der Waals surface area contributed by atoms with Crippen LogP contribution in [0.25, 0.3) is 0 Å². The molecule has 0 aliphatic carbocycles. The lowest BCUT2D eigenvalue weighted by Gasteiger charge is -2.59. The molecular weight excluding hydrogens is 376 g/mol. The number of likely N-dealkylation sites (tertiary alicyclic amines) is 2. The van der Waals surface area contributed by atoms with Crippen LogP contribution < -0.4 is 0 Å². The summed E-state index contributed by atoms with van der Waals surface area (Å²) in [5, 5.41) is 1.12. The Balaban J connectivity index is 1.81. The molecule has 3 rings (SSSR count). The van der Waals surface area contributed by atoms with Crippen LogP contribution in [-0.2, 0) is 0 Å². The van der Waals surface area contributed by atoms with E-state index >= 15 is 0 Å². The Hall–Kier alpha value is -0.390. The fourth-order valence-corrected chi connectivity index (χ4v) is 7.00. The van der Waals surface area contributed by atoms with Gasteiger partial charge in [-0.25, -0.2) is 0 Å². The van der Waals surface area contributed by atoms with Crippen molar-refractivity contribution < 1.29 is 0 Å². The van der Waals surface area contributed by atoms with Crippen LogP contribution in [0.15, 0.2) is 0 Å². The largest absolute Gasteiger partial charge is 0.346 e. The van der Waals surface area contributed by atoms with Crippen molar-refractivity contribution in [3.05, 3.63) is 0 Å². The highest BCUT2D eigenvalue weighted by Gasteiger charge is 2.49. The third kappa shape index (κ3) is 4.21. The first kappa shape index (κ1) is 23.3. The first-order valence-electron chi connectivity index (χ1n) is 11.6. The number of rotatable bonds is 2. The van der Waals surface area contributed by atoms with Crippen LogP contribution in [0.5, 0.6) is 0 Å². The van der Waals surface area contributed by atoms with E-state index in [0.29, 0.717) is 12.1 Å². The van der Waals surface area contributed by atoms with Crippen LogP contribution >= 0.6 is 12.2 Å². The van der Waals surface area contributed by atoms with Crippen molar-refractivity contribution >= 4 is 17.3 Å². The van der Waals surface area contributed by atoms with Crippen LogP contribution in [-0.4, -0.2) is 86.1 Å². The van der Waals surface area contributed by atoms with Gasteiger partial charge in [0.25, 0.3) is 0 Å². The molecule has 0 aromatic carbocycles. The molecule has 0 amide bonds. The van der Waals surface area contributed by atoms with Gasteiger partial charge in [0.2, 0.25) is 0 Å².